The highest BCUT2D eigenvalue weighted by atomic mass is 16.5. The van der Waals surface area contributed by atoms with Gasteiger partial charge in [0, 0.05) is 37.1 Å². The van der Waals surface area contributed by atoms with Gasteiger partial charge in [-0.05, 0) is 6.92 Å². The molecule has 5 N–H and O–H groups in total. The van der Waals surface area contributed by atoms with Crippen LogP contribution in [0.3, 0.4) is 0 Å². The van der Waals surface area contributed by atoms with E-state index in [0.29, 0.717) is 13.2 Å². The zero-order valence-electron chi connectivity index (χ0n) is 11.9. The molecule has 1 aromatic heterocycles. The Hall–Kier alpha value is -2.19. The first-order valence-corrected chi connectivity index (χ1v) is 6.83. The van der Waals surface area contributed by atoms with Crippen molar-refractivity contribution in [1.29, 1.82) is 0 Å². The molecule has 0 amide bonds. The van der Waals surface area contributed by atoms with Crippen LogP contribution in [0.15, 0.2) is 23.5 Å². The minimum absolute atomic E-state index is 0.243. The van der Waals surface area contributed by atoms with Crippen molar-refractivity contribution in [3.8, 4) is 0 Å². The summed E-state index contributed by atoms with van der Waals surface area (Å²) >= 11 is 0. The van der Waals surface area contributed by atoms with Gasteiger partial charge in [-0.1, -0.05) is 0 Å². The van der Waals surface area contributed by atoms with Crippen molar-refractivity contribution in [3.05, 3.63) is 24.0 Å². The number of hydrogen-bond acceptors (Lipinski definition) is 8. The molecule has 1 fully saturated rings. The maximum absolute atomic E-state index is 6.17. The van der Waals surface area contributed by atoms with Gasteiger partial charge in [-0.15, -0.1) is 0 Å². The fourth-order valence-electron chi connectivity index (χ4n) is 2.32. The minimum atomic E-state index is -0.876. The summed E-state index contributed by atoms with van der Waals surface area (Å²) in [4.78, 5) is 14.7. The van der Waals surface area contributed by atoms with Gasteiger partial charge in [0.15, 0.2) is 5.79 Å². The molecule has 2 aliphatic heterocycles. The highest BCUT2D eigenvalue weighted by molar-refractivity contribution is 6.00. The normalized spacial score (nSPS) is 25.9. The SMILES string of the molecule is CC1(N)N=C(N2CCOCC2)C=C(c2cnc(N)nc2)N1. The smallest absolute Gasteiger partial charge is 0.219 e. The van der Waals surface area contributed by atoms with E-state index in [0.717, 1.165) is 30.2 Å². The van der Waals surface area contributed by atoms with E-state index in [2.05, 4.69) is 25.2 Å². The summed E-state index contributed by atoms with van der Waals surface area (Å²) < 4.78 is 5.37. The summed E-state index contributed by atoms with van der Waals surface area (Å²) in [6, 6.07) is 0. The van der Waals surface area contributed by atoms with Gasteiger partial charge in [0.05, 0.1) is 18.9 Å². The lowest BCUT2D eigenvalue weighted by Gasteiger charge is -2.35. The van der Waals surface area contributed by atoms with Crippen LogP contribution in [-0.2, 0) is 4.74 Å². The third kappa shape index (κ3) is 3.11. The quantitative estimate of drug-likeness (QED) is 0.630. The Morgan fingerprint density at radius 3 is 2.62 bits per heavy atom. The maximum atomic E-state index is 6.17. The van der Waals surface area contributed by atoms with Crippen LogP contribution in [-0.4, -0.2) is 52.8 Å². The molecular formula is C13H19N7O. The van der Waals surface area contributed by atoms with Gasteiger partial charge in [0.1, 0.15) is 5.84 Å². The highest BCUT2D eigenvalue weighted by Gasteiger charge is 2.27. The molecule has 21 heavy (non-hydrogen) atoms. The molecule has 1 unspecified atom stereocenters. The fourth-order valence-corrected chi connectivity index (χ4v) is 2.32. The molecule has 1 aromatic rings. The monoisotopic (exact) mass is 289 g/mol. The Kier molecular flexibility index (Phi) is 3.48. The lowest BCUT2D eigenvalue weighted by molar-refractivity contribution is 0.0679. The molecule has 1 saturated heterocycles. The van der Waals surface area contributed by atoms with Crippen LogP contribution < -0.4 is 16.8 Å². The second-order valence-corrected chi connectivity index (χ2v) is 5.23. The van der Waals surface area contributed by atoms with Gasteiger partial charge in [0.2, 0.25) is 5.95 Å². The second-order valence-electron chi connectivity index (χ2n) is 5.23. The molecule has 2 aliphatic rings. The predicted octanol–water partition coefficient (Wildman–Crippen LogP) is -0.634. The number of amidine groups is 1. The fraction of sp³-hybridized carbons (Fsp3) is 0.462. The van der Waals surface area contributed by atoms with Crippen molar-refractivity contribution < 1.29 is 4.74 Å². The predicted molar refractivity (Wildman–Crippen MR) is 80.0 cm³/mol. The van der Waals surface area contributed by atoms with Crippen molar-refractivity contribution in [3.63, 3.8) is 0 Å². The average molecular weight is 289 g/mol. The number of ether oxygens (including phenoxy) is 1. The molecule has 1 atom stereocenters. The first-order valence-electron chi connectivity index (χ1n) is 6.83. The third-order valence-corrected chi connectivity index (χ3v) is 3.33. The number of nitrogens with one attached hydrogen (secondary N) is 1. The van der Waals surface area contributed by atoms with E-state index in [1.165, 1.54) is 0 Å². The Morgan fingerprint density at radius 2 is 1.95 bits per heavy atom. The van der Waals surface area contributed by atoms with Gasteiger partial charge in [-0.2, -0.15) is 0 Å². The van der Waals surface area contributed by atoms with Crippen molar-refractivity contribution in [2.75, 3.05) is 32.0 Å². The maximum Gasteiger partial charge on any atom is 0.219 e. The number of aromatic nitrogens is 2. The van der Waals surface area contributed by atoms with Crippen molar-refractivity contribution in [1.82, 2.24) is 20.2 Å². The number of anilines is 1. The number of rotatable bonds is 1. The molecule has 0 radical (unpaired) electrons. The van der Waals surface area contributed by atoms with Crippen LogP contribution in [0.1, 0.15) is 12.5 Å². The van der Waals surface area contributed by atoms with E-state index < -0.39 is 5.79 Å². The standard InChI is InChI=1S/C13H19N7O/c1-13(15)18-10(9-7-16-12(14)17-8-9)6-11(19-13)20-2-4-21-5-3-20/h6-8,18H,2-5,15H2,1H3,(H2,14,16,17). The van der Waals surface area contributed by atoms with Crippen molar-refractivity contribution in [2.24, 2.45) is 10.7 Å². The summed E-state index contributed by atoms with van der Waals surface area (Å²) in [6.45, 7) is 4.82. The summed E-state index contributed by atoms with van der Waals surface area (Å²) in [6.07, 6.45) is 5.29. The molecule has 3 heterocycles. The Bertz CT molecular complexity index is 573. The van der Waals surface area contributed by atoms with Crippen LogP contribution in [0.5, 0.6) is 0 Å². The summed E-state index contributed by atoms with van der Waals surface area (Å²) in [5.74, 6) is 0.209. The van der Waals surface area contributed by atoms with Gasteiger partial charge < -0.3 is 20.7 Å². The second kappa shape index (κ2) is 5.30. The van der Waals surface area contributed by atoms with Gasteiger partial charge in [-0.25, -0.2) is 15.0 Å². The first-order chi connectivity index (χ1) is 10.0. The number of nitrogen functional groups attached to an aromatic ring is 1. The molecule has 8 heteroatoms. The Morgan fingerprint density at radius 1 is 1.29 bits per heavy atom. The van der Waals surface area contributed by atoms with Gasteiger partial charge in [0.25, 0.3) is 0 Å². The number of hydrogen-bond donors (Lipinski definition) is 3. The van der Waals surface area contributed by atoms with E-state index in [1.807, 2.05) is 13.0 Å². The number of nitrogens with two attached hydrogens (primary N) is 2. The molecule has 0 aliphatic carbocycles. The van der Waals surface area contributed by atoms with E-state index in [-0.39, 0.29) is 5.95 Å². The van der Waals surface area contributed by atoms with Crippen LogP contribution >= 0.6 is 0 Å². The van der Waals surface area contributed by atoms with Crippen LogP contribution in [0, 0.1) is 0 Å². The summed E-state index contributed by atoms with van der Waals surface area (Å²) in [7, 11) is 0. The highest BCUT2D eigenvalue weighted by Crippen LogP contribution is 2.19. The lowest BCUT2D eigenvalue weighted by atomic mass is 10.1. The van der Waals surface area contributed by atoms with E-state index in [9.17, 15) is 0 Å². The van der Waals surface area contributed by atoms with E-state index in [4.69, 9.17) is 16.2 Å². The molecule has 0 saturated carbocycles. The van der Waals surface area contributed by atoms with E-state index >= 15 is 0 Å². The zero-order chi connectivity index (χ0) is 14.9. The number of aliphatic imine (C=N–C) groups is 1. The molecule has 0 bridgehead atoms. The number of morpholine rings is 1. The summed E-state index contributed by atoms with van der Waals surface area (Å²) in [5.41, 5.74) is 13.3. The van der Waals surface area contributed by atoms with Gasteiger partial charge in [-0.3, -0.25) is 5.73 Å². The molecule has 3 rings (SSSR count). The third-order valence-electron chi connectivity index (χ3n) is 3.33. The summed E-state index contributed by atoms with van der Waals surface area (Å²) in [5, 5.41) is 3.17. The minimum Gasteiger partial charge on any atom is -0.378 e. The first kappa shape index (κ1) is 13.8. The Labute approximate surface area is 122 Å². The van der Waals surface area contributed by atoms with Gasteiger partial charge >= 0.3 is 0 Å². The van der Waals surface area contributed by atoms with Crippen molar-refractivity contribution >= 4 is 17.5 Å². The van der Waals surface area contributed by atoms with Crippen LogP contribution in [0.2, 0.25) is 0 Å². The topological polar surface area (TPSA) is 115 Å². The largest absolute Gasteiger partial charge is 0.378 e. The lowest BCUT2D eigenvalue weighted by Crippen LogP contribution is -2.53. The van der Waals surface area contributed by atoms with Crippen LogP contribution in [0.4, 0.5) is 5.95 Å². The molecule has 8 nitrogen and oxygen atoms in total. The molecular weight excluding hydrogens is 270 g/mol. The molecule has 0 aromatic carbocycles. The molecule has 0 spiro atoms. The van der Waals surface area contributed by atoms with Crippen LogP contribution in [0.25, 0.3) is 5.70 Å². The zero-order valence-corrected chi connectivity index (χ0v) is 11.9. The van der Waals surface area contributed by atoms with Crippen molar-refractivity contribution in [2.45, 2.75) is 12.7 Å². The Balaban J connectivity index is 1.91. The van der Waals surface area contributed by atoms with E-state index in [1.54, 1.807) is 12.4 Å². The average Bonchev–Trinajstić information content (AvgIpc) is 2.47. The molecule has 112 valence electrons. The number of nitrogens with zero attached hydrogens (tertiary/aromatic N) is 4.